The molecule has 0 aromatic rings. The highest BCUT2D eigenvalue weighted by Gasteiger charge is 2.58. The molecule has 1 unspecified atom stereocenters. The molecule has 0 bridgehead atoms. The second-order valence-electron chi connectivity index (χ2n) is 20.1. The highest BCUT2D eigenvalue weighted by molar-refractivity contribution is 6.17. The van der Waals surface area contributed by atoms with E-state index >= 15 is 0 Å². The Kier molecular flexibility index (Phi) is 15.4. The summed E-state index contributed by atoms with van der Waals surface area (Å²) in [5.41, 5.74) is -0.954. The molecule has 0 aromatic heterocycles. The quantitative estimate of drug-likeness (QED) is 0.0630. The van der Waals surface area contributed by atoms with Gasteiger partial charge in [-0.1, -0.05) is 67.0 Å². The minimum absolute atomic E-state index is 0.161. The molecule has 80 heavy (non-hydrogen) atoms. The number of carbonyl (C=O) groups is 9. The van der Waals surface area contributed by atoms with Crippen molar-refractivity contribution in [2.24, 2.45) is 0 Å². The van der Waals surface area contributed by atoms with Crippen molar-refractivity contribution in [1.29, 1.82) is 0 Å². The summed E-state index contributed by atoms with van der Waals surface area (Å²) in [7, 11) is 0. The lowest BCUT2D eigenvalue weighted by Crippen LogP contribution is -2.54. The zero-order valence-corrected chi connectivity index (χ0v) is 44.4. The van der Waals surface area contributed by atoms with E-state index in [0.717, 1.165) is 6.08 Å². The minimum atomic E-state index is -1.74. The van der Waals surface area contributed by atoms with Gasteiger partial charge in [0.1, 0.15) is 33.4 Å². The van der Waals surface area contributed by atoms with Crippen molar-refractivity contribution in [3.05, 3.63) is 141 Å². The van der Waals surface area contributed by atoms with E-state index in [9.17, 15) is 58.5 Å². The van der Waals surface area contributed by atoms with Crippen LogP contribution in [0.4, 0.5) is 0 Å². The predicted molar refractivity (Wildman–Crippen MR) is 265 cm³/mol. The molecule has 8 aliphatic rings. The number of rotatable bonds is 11. The van der Waals surface area contributed by atoms with Crippen LogP contribution in [0.1, 0.15) is 113 Å². The normalized spacial score (nSPS) is 31.6. The zero-order chi connectivity index (χ0) is 58.2. The summed E-state index contributed by atoms with van der Waals surface area (Å²) >= 11 is 0. The van der Waals surface area contributed by atoms with Crippen LogP contribution in [0.3, 0.4) is 0 Å². The third kappa shape index (κ3) is 12.0. The smallest absolute Gasteiger partial charge is 0.348 e. The molecular weight excluding hydrogens is 1060 g/mol. The fraction of sp³-hybridized carbons (Fsp3) is 0.411. The van der Waals surface area contributed by atoms with Gasteiger partial charge >= 0.3 is 53.7 Å². The van der Waals surface area contributed by atoms with Crippen LogP contribution in [-0.2, 0) is 100.0 Å². The van der Waals surface area contributed by atoms with Gasteiger partial charge in [0.05, 0.1) is 0 Å². The Bertz CT molecular complexity index is 3080. The maximum absolute atomic E-state index is 13.2. The number of hydrogen-bond donors (Lipinski definition) is 3. The highest BCUT2D eigenvalue weighted by atomic mass is 16.8. The Hall–Kier alpha value is -9.09. The zero-order valence-electron chi connectivity index (χ0n) is 44.4. The first-order chi connectivity index (χ1) is 37.7. The standard InChI is InChI=1S/C56H56O24/c1-8-51(6)69-39(57)33(40(58)70-51)16-10-30(3)12-18-35-43(61)73-53(74-44(35)62)22-26-55(27-23-53)77-47(65)37(48(66)78-55)20-14-32(5)15-21-38-49(67)79-56(80-50(38)68)28-24-54(25-29-56)75-45(63)36(46(64)76-54)19-13-31(4)11-17-34-41(59)71-52(7,9-2)72-42(34)60/h10-21,57,63,65H,8-9,22-29H2,1-7H3/b16-10+,19-13?,20-14+,30-12+,31-11?,32-15+,34-17?,35-18?,38-21?. The number of ether oxygens (including phenoxy) is 12. The van der Waals surface area contributed by atoms with Crippen molar-refractivity contribution in [3.8, 4) is 0 Å². The second kappa shape index (κ2) is 21.6. The molecule has 24 heteroatoms. The first-order valence-electron chi connectivity index (χ1n) is 25.3. The number of esters is 9. The summed E-state index contributed by atoms with van der Waals surface area (Å²) in [4.78, 5) is 116. The van der Waals surface area contributed by atoms with Crippen LogP contribution in [0.5, 0.6) is 0 Å². The third-order valence-corrected chi connectivity index (χ3v) is 14.1. The average molecular weight is 1110 g/mol. The van der Waals surface area contributed by atoms with E-state index in [2.05, 4.69) is 0 Å². The summed E-state index contributed by atoms with van der Waals surface area (Å²) in [6.45, 7) is 11.1. The number of aliphatic hydroxyl groups is 3. The molecule has 0 amide bonds. The van der Waals surface area contributed by atoms with Crippen molar-refractivity contribution in [1.82, 2.24) is 0 Å². The summed E-state index contributed by atoms with van der Waals surface area (Å²) in [6.07, 6.45) is 14.6. The van der Waals surface area contributed by atoms with Crippen LogP contribution in [0.2, 0.25) is 0 Å². The van der Waals surface area contributed by atoms with Gasteiger partial charge in [-0.3, -0.25) is 0 Å². The Balaban J connectivity index is 0.816. The van der Waals surface area contributed by atoms with Gasteiger partial charge in [-0.15, -0.1) is 0 Å². The molecule has 5 fully saturated rings. The van der Waals surface area contributed by atoms with Gasteiger partial charge < -0.3 is 72.2 Å². The second-order valence-corrected chi connectivity index (χ2v) is 20.1. The number of cyclic esters (lactones) is 3. The predicted octanol–water partition coefficient (Wildman–Crippen LogP) is 6.79. The summed E-state index contributed by atoms with van der Waals surface area (Å²) < 4.78 is 65.9. The Morgan fingerprint density at radius 2 is 0.588 bits per heavy atom. The number of hydrogen-bond acceptors (Lipinski definition) is 24. The SMILES string of the molecule is CCC1(C)OC(=O)C(=CC=C(C)C=CC2=C(O)OC3(CCC4(CC3)OC(=O)C(=C/C=C(C)/C=C/C3=C(O)OC5(CCC6(CC5)OC(=O)C(=C/C=C(C)/C=C/C5=C(O)OC(C)(CC)OC5=O)C(=O)O6)OC3=O)C(=O)O4)OC2=O)C(=O)O1. The molecule has 24 nitrogen and oxygen atoms in total. The summed E-state index contributed by atoms with van der Waals surface area (Å²) in [5, 5.41) is 31.9. The van der Waals surface area contributed by atoms with Crippen molar-refractivity contribution in [2.45, 2.75) is 147 Å². The van der Waals surface area contributed by atoms with Gasteiger partial charge in [0.25, 0.3) is 52.6 Å². The topological polar surface area (TPSA) is 325 Å². The third-order valence-electron chi connectivity index (χ3n) is 14.1. The van der Waals surface area contributed by atoms with Crippen LogP contribution in [0.15, 0.2) is 141 Å². The monoisotopic (exact) mass is 1110 g/mol. The van der Waals surface area contributed by atoms with Crippen molar-refractivity contribution >= 4 is 53.7 Å². The highest BCUT2D eigenvalue weighted by Crippen LogP contribution is 2.48. The van der Waals surface area contributed by atoms with Gasteiger partial charge in [-0.25, -0.2) is 43.2 Å². The Morgan fingerprint density at radius 1 is 0.362 bits per heavy atom. The fourth-order valence-electron chi connectivity index (χ4n) is 8.87. The molecule has 1 atom stereocenters. The average Bonchev–Trinajstić information content (AvgIpc) is 3.37. The van der Waals surface area contributed by atoms with Gasteiger partial charge in [-0.05, 0) is 57.2 Å². The van der Waals surface area contributed by atoms with Crippen LogP contribution in [0, 0.1) is 0 Å². The van der Waals surface area contributed by atoms with E-state index in [4.69, 9.17) is 56.8 Å². The Labute approximate surface area is 456 Å². The van der Waals surface area contributed by atoms with E-state index in [0.29, 0.717) is 16.7 Å². The molecule has 4 spiro atoms. The first-order valence-corrected chi connectivity index (χ1v) is 25.3. The molecule has 0 aromatic carbocycles. The molecule has 2 saturated carbocycles. The maximum Gasteiger partial charge on any atom is 0.348 e. The molecule has 2 aliphatic carbocycles. The van der Waals surface area contributed by atoms with Gasteiger partial charge in [0.15, 0.2) is 0 Å². The van der Waals surface area contributed by atoms with E-state index < -0.39 is 117 Å². The molecule has 0 radical (unpaired) electrons. The van der Waals surface area contributed by atoms with Crippen molar-refractivity contribution in [2.75, 3.05) is 0 Å². The molecule has 6 aliphatic heterocycles. The van der Waals surface area contributed by atoms with E-state index in [-0.39, 0.29) is 86.5 Å². The summed E-state index contributed by atoms with van der Waals surface area (Å²) in [5.74, 6) is -20.2. The number of carbonyl (C=O) groups excluding carboxylic acids is 9. The maximum atomic E-state index is 13.2. The van der Waals surface area contributed by atoms with Gasteiger partial charge in [-0.2, -0.15) is 0 Å². The Morgan fingerprint density at radius 3 is 0.863 bits per heavy atom. The lowest BCUT2D eigenvalue weighted by molar-refractivity contribution is -0.297. The van der Waals surface area contributed by atoms with E-state index in [1.165, 1.54) is 80.7 Å². The van der Waals surface area contributed by atoms with Crippen molar-refractivity contribution in [3.63, 3.8) is 0 Å². The lowest BCUT2D eigenvalue weighted by atomic mass is 9.87. The van der Waals surface area contributed by atoms with Crippen LogP contribution < -0.4 is 0 Å². The molecule has 6 heterocycles. The number of allylic oxidation sites excluding steroid dienone is 12. The van der Waals surface area contributed by atoms with Gasteiger partial charge in [0, 0.05) is 78.1 Å². The summed E-state index contributed by atoms with van der Waals surface area (Å²) in [6, 6.07) is 0. The largest absolute Gasteiger partial charge is 0.480 e. The van der Waals surface area contributed by atoms with E-state index in [1.807, 2.05) is 0 Å². The minimum Gasteiger partial charge on any atom is -0.480 e. The van der Waals surface area contributed by atoms with Crippen molar-refractivity contribution < 1.29 is 115 Å². The van der Waals surface area contributed by atoms with E-state index in [1.54, 1.807) is 34.6 Å². The van der Waals surface area contributed by atoms with Crippen LogP contribution >= 0.6 is 0 Å². The van der Waals surface area contributed by atoms with Gasteiger partial charge in [0.2, 0.25) is 0 Å². The number of aliphatic hydroxyl groups excluding tert-OH is 3. The molecule has 424 valence electrons. The fourth-order valence-corrected chi connectivity index (χ4v) is 8.87. The van der Waals surface area contributed by atoms with Crippen LogP contribution in [0.25, 0.3) is 0 Å². The first kappa shape index (κ1) is 57.1. The van der Waals surface area contributed by atoms with Crippen LogP contribution in [-0.4, -0.2) is 104 Å². The molecule has 3 N–H and O–H groups in total. The lowest BCUT2D eigenvalue weighted by Gasteiger charge is -2.46. The molecule has 8 rings (SSSR count). The molecular formula is C56H56O24. The molecule has 3 saturated heterocycles.